The third-order valence-corrected chi connectivity index (χ3v) is 4.50. The number of nitriles is 1. The lowest BCUT2D eigenvalue weighted by Crippen LogP contribution is -2.35. The zero-order valence-electron chi connectivity index (χ0n) is 16.7. The third-order valence-electron chi connectivity index (χ3n) is 4.50. The number of nitrogens with zero attached hydrogens (tertiary/aromatic N) is 5. The lowest BCUT2D eigenvalue weighted by molar-refractivity contribution is -0.122. The van der Waals surface area contributed by atoms with Crippen LogP contribution in [-0.2, 0) is 11.8 Å². The largest absolute Gasteiger partial charge is 0.496 e. The molecule has 1 aromatic carbocycles. The Morgan fingerprint density at radius 1 is 1.24 bits per heavy atom. The lowest BCUT2D eigenvalue weighted by Gasteiger charge is -2.22. The van der Waals surface area contributed by atoms with E-state index < -0.39 is 17.9 Å². The number of nitrogens with one attached hydrogen (secondary N) is 1. The normalized spacial score (nSPS) is 12.7. The third kappa shape index (κ3) is 4.24. The van der Waals surface area contributed by atoms with Gasteiger partial charge in [-0.2, -0.15) is 5.26 Å². The highest BCUT2D eigenvalue weighted by Gasteiger charge is 2.30. The van der Waals surface area contributed by atoms with Crippen molar-refractivity contribution < 1.29 is 9.53 Å². The van der Waals surface area contributed by atoms with E-state index in [0.29, 0.717) is 23.0 Å². The van der Waals surface area contributed by atoms with Gasteiger partial charge in [0.2, 0.25) is 5.91 Å². The van der Waals surface area contributed by atoms with Gasteiger partial charge in [-0.05, 0) is 26.0 Å². The molecule has 0 fully saturated rings. The molecule has 29 heavy (non-hydrogen) atoms. The monoisotopic (exact) mass is 390 g/mol. The summed E-state index contributed by atoms with van der Waals surface area (Å²) in [6.45, 7) is 3.60. The summed E-state index contributed by atoms with van der Waals surface area (Å²) in [5.74, 6) is -0.249. The fraction of sp³-hybridized carbons (Fsp3) is 0.286. The van der Waals surface area contributed by atoms with Crippen molar-refractivity contribution in [2.24, 2.45) is 7.05 Å². The number of rotatable bonds is 6. The molecule has 0 aliphatic rings. The summed E-state index contributed by atoms with van der Waals surface area (Å²) in [6.07, 6.45) is 3.44. The Morgan fingerprint density at radius 3 is 2.52 bits per heavy atom. The predicted octanol–water partition coefficient (Wildman–Crippen LogP) is 2.35. The molecular weight excluding hydrogens is 368 g/mol. The van der Waals surface area contributed by atoms with Gasteiger partial charge in [0, 0.05) is 36.4 Å². The van der Waals surface area contributed by atoms with Gasteiger partial charge in [-0.1, -0.05) is 18.2 Å². The number of hydrogen-bond acceptors (Lipinski definition) is 6. The Bertz CT molecular complexity index is 1050. The first-order chi connectivity index (χ1) is 13.9. The maximum atomic E-state index is 13.1. The zero-order chi connectivity index (χ0) is 21.0. The number of carbonyl (C=O) groups is 1. The van der Waals surface area contributed by atoms with E-state index in [1.54, 1.807) is 39.4 Å². The van der Waals surface area contributed by atoms with E-state index in [4.69, 9.17) is 4.74 Å². The number of aryl methyl sites for hydroxylation is 3. The van der Waals surface area contributed by atoms with Crippen molar-refractivity contribution in [1.82, 2.24) is 24.8 Å². The summed E-state index contributed by atoms with van der Waals surface area (Å²) in [7, 11) is 3.41. The van der Waals surface area contributed by atoms with Gasteiger partial charge in [0.15, 0.2) is 11.7 Å². The number of amides is 1. The molecule has 1 amide bonds. The standard InChI is InChI=1S/C21H22N6O2/c1-13-11-14(2)25-19(24-13)16(12-22)21(28)26-18(20-23-9-10-27(20)3)15-7-5-6-8-17(15)29-4/h5-11,16,18H,1-4H3,(H,26,28)/t16-,18+/m1/s1. The van der Waals surface area contributed by atoms with Crippen molar-refractivity contribution in [2.45, 2.75) is 25.8 Å². The summed E-state index contributed by atoms with van der Waals surface area (Å²) in [6, 6.07) is 10.6. The molecule has 1 N–H and O–H groups in total. The van der Waals surface area contributed by atoms with Crippen LogP contribution in [0.2, 0.25) is 0 Å². The Kier molecular flexibility index (Phi) is 5.88. The number of para-hydroxylation sites is 1. The van der Waals surface area contributed by atoms with Crippen molar-refractivity contribution in [3.63, 3.8) is 0 Å². The summed E-state index contributed by atoms with van der Waals surface area (Å²) in [4.78, 5) is 26.0. The maximum absolute atomic E-state index is 13.1. The lowest BCUT2D eigenvalue weighted by atomic mass is 10.0. The van der Waals surface area contributed by atoms with E-state index in [1.807, 2.05) is 41.9 Å². The van der Waals surface area contributed by atoms with E-state index in [1.165, 1.54) is 0 Å². The molecule has 0 radical (unpaired) electrons. The summed E-state index contributed by atoms with van der Waals surface area (Å²) >= 11 is 0. The SMILES string of the molecule is COc1ccccc1[C@H](NC(=O)[C@H](C#N)c1nc(C)cc(C)n1)c1nccn1C. The number of hydrogen-bond donors (Lipinski definition) is 1. The molecule has 2 heterocycles. The molecule has 2 atom stereocenters. The summed E-state index contributed by atoms with van der Waals surface area (Å²) < 4.78 is 7.28. The van der Waals surface area contributed by atoms with Crippen LogP contribution in [0.25, 0.3) is 0 Å². The first-order valence-corrected chi connectivity index (χ1v) is 9.07. The Hall–Kier alpha value is -3.73. The molecule has 0 bridgehead atoms. The molecule has 2 aromatic heterocycles. The molecule has 3 aromatic rings. The molecule has 0 aliphatic heterocycles. The minimum Gasteiger partial charge on any atom is -0.496 e. The Labute approximate surface area is 169 Å². The molecule has 8 nitrogen and oxygen atoms in total. The van der Waals surface area contributed by atoms with Crippen LogP contribution >= 0.6 is 0 Å². The Morgan fingerprint density at radius 2 is 1.93 bits per heavy atom. The van der Waals surface area contributed by atoms with Crippen LogP contribution in [0.4, 0.5) is 0 Å². The second-order valence-electron chi connectivity index (χ2n) is 6.65. The van der Waals surface area contributed by atoms with Gasteiger partial charge in [0.25, 0.3) is 0 Å². The molecule has 0 saturated heterocycles. The van der Waals surface area contributed by atoms with Crippen LogP contribution in [0.1, 0.15) is 40.6 Å². The first-order valence-electron chi connectivity index (χ1n) is 9.07. The molecule has 8 heteroatoms. The first kappa shape index (κ1) is 20.0. The fourth-order valence-electron chi connectivity index (χ4n) is 3.18. The van der Waals surface area contributed by atoms with Crippen LogP contribution < -0.4 is 10.1 Å². The highest BCUT2D eigenvalue weighted by molar-refractivity contribution is 5.86. The number of imidazole rings is 1. The van der Waals surface area contributed by atoms with E-state index in [2.05, 4.69) is 20.3 Å². The molecule has 0 saturated carbocycles. The molecule has 0 aliphatic carbocycles. The zero-order valence-corrected chi connectivity index (χ0v) is 16.7. The average Bonchev–Trinajstić information content (AvgIpc) is 3.11. The van der Waals surface area contributed by atoms with Crippen LogP contribution in [0.3, 0.4) is 0 Å². The van der Waals surface area contributed by atoms with Crippen LogP contribution in [0.15, 0.2) is 42.7 Å². The van der Waals surface area contributed by atoms with Gasteiger partial charge in [0.1, 0.15) is 17.6 Å². The molecular formula is C21H22N6O2. The summed E-state index contributed by atoms with van der Waals surface area (Å²) in [5.41, 5.74) is 2.13. The highest BCUT2D eigenvalue weighted by Crippen LogP contribution is 2.29. The molecule has 3 rings (SSSR count). The number of benzene rings is 1. The minimum absolute atomic E-state index is 0.182. The van der Waals surface area contributed by atoms with Gasteiger partial charge < -0.3 is 14.6 Å². The summed E-state index contributed by atoms with van der Waals surface area (Å²) in [5, 5.41) is 12.6. The Balaban J connectivity index is 2.00. The van der Waals surface area contributed by atoms with E-state index in [-0.39, 0.29) is 5.82 Å². The van der Waals surface area contributed by atoms with Gasteiger partial charge in [-0.3, -0.25) is 4.79 Å². The maximum Gasteiger partial charge on any atom is 0.246 e. The topological polar surface area (TPSA) is 106 Å². The van der Waals surface area contributed by atoms with Crippen LogP contribution in [0, 0.1) is 25.2 Å². The quantitative estimate of drug-likeness (QED) is 0.692. The average molecular weight is 390 g/mol. The second kappa shape index (κ2) is 8.52. The van der Waals surface area contributed by atoms with E-state index in [0.717, 1.165) is 5.56 Å². The minimum atomic E-state index is -1.15. The van der Waals surface area contributed by atoms with Gasteiger partial charge in [-0.25, -0.2) is 15.0 Å². The smallest absolute Gasteiger partial charge is 0.246 e. The number of ether oxygens (including phenoxy) is 1. The molecule has 0 spiro atoms. The van der Waals surface area contributed by atoms with Crippen molar-refractivity contribution >= 4 is 5.91 Å². The van der Waals surface area contributed by atoms with Gasteiger partial charge in [-0.15, -0.1) is 0 Å². The van der Waals surface area contributed by atoms with Crippen molar-refractivity contribution in [3.8, 4) is 11.8 Å². The highest BCUT2D eigenvalue weighted by atomic mass is 16.5. The second-order valence-corrected chi connectivity index (χ2v) is 6.65. The van der Waals surface area contributed by atoms with Crippen molar-refractivity contribution in [3.05, 3.63) is 71.3 Å². The van der Waals surface area contributed by atoms with Crippen molar-refractivity contribution in [2.75, 3.05) is 7.11 Å². The van der Waals surface area contributed by atoms with Crippen LogP contribution in [-0.4, -0.2) is 32.5 Å². The number of carbonyl (C=O) groups excluding carboxylic acids is 1. The number of aromatic nitrogens is 4. The van der Waals surface area contributed by atoms with Gasteiger partial charge in [0.05, 0.1) is 13.2 Å². The fourth-order valence-corrected chi connectivity index (χ4v) is 3.18. The van der Waals surface area contributed by atoms with Crippen molar-refractivity contribution in [1.29, 1.82) is 5.26 Å². The van der Waals surface area contributed by atoms with E-state index in [9.17, 15) is 10.1 Å². The van der Waals surface area contributed by atoms with E-state index >= 15 is 0 Å². The predicted molar refractivity (Wildman–Crippen MR) is 106 cm³/mol. The molecule has 148 valence electrons. The van der Waals surface area contributed by atoms with Crippen LogP contribution in [0.5, 0.6) is 5.75 Å². The van der Waals surface area contributed by atoms with Gasteiger partial charge >= 0.3 is 0 Å². The molecule has 0 unspecified atom stereocenters. The number of methoxy groups -OCH3 is 1.